The molecule has 0 aromatic heterocycles. The molecule has 1 heterocycles. The molecule has 0 bridgehead atoms. The highest BCUT2D eigenvalue weighted by Gasteiger charge is 2.37. The lowest BCUT2D eigenvalue weighted by molar-refractivity contribution is 0.352. The third-order valence-electron chi connectivity index (χ3n) is 3.12. The summed E-state index contributed by atoms with van der Waals surface area (Å²) in [5, 5.41) is 9.38. The van der Waals surface area contributed by atoms with Gasteiger partial charge in [-0.2, -0.15) is 0 Å². The van der Waals surface area contributed by atoms with Gasteiger partial charge in [-0.15, -0.1) is 0 Å². The molecule has 3 atom stereocenters. The van der Waals surface area contributed by atoms with Gasteiger partial charge >= 0.3 is 0 Å². The molecule has 2 heteroatoms. The number of aromatic hydroxyl groups is 1. The predicted octanol–water partition coefficient (Wildman–Crippen LogP) is 3.06. The first-order valence-corrected chi connectivity index (χ1v) is 5.65. The molecule has 3 unspecified atom stereocenters. The van der Waals surface area contributed by atoms with Crippen molar-refractivity contribution < 1.29 is 9.84 Å². The van der Waals surface area contributed by atoms with Crippen LogP contribution in [0.2, 0.25) is 0 Å². The Kier molecular flexibility index (Phi) is 2.96. The number of phenols is 1. The zero-order chi connectivity index (χ0) is 10.8. The Bertz CT molecular complexity index is 335. The van der Waals surface area contributed by atoms with E-state index in [1.807, 2.05) is 12.1 Å². The normalized spacial score (nSPS) is 26.3. The summed E-state index contributed by atoms with van der Waals surface area (Å²) in [5.74, 6) is 0.807. The van der Waals surface area contributed by atoms with Crippen molar-refractivity contribution in [3.05, 3.63) is 29.8 Å². The first-order valence-electron chi connectivity index (χ1n) is 5.65. The van der Waals surface area contributed by atoms with Crippen LogP contribution in [-0.4, -0.2) is 17.3 Å². The number of benzene rings is 1. The molecule has 2 nitrogen and oxygen atoms in total. The molecule has 0 saturated carbocycles. The summed E-state index contributed by atoms with van der Waals surface area (Å²) >= 11 is 0. The number of hydrogen-bond acceptors (Lipinski definition) is 2. The topological polar surface area (TPSA) is 32.8 Å². The van der Waals surface area contributed by atoms with Gasteiger partial charge in [0, 0.05) is 0 Å². The lowest BCUT2D eigenvalue weighted by Crippen LogP contribution is -2.00. The molecule has 1 fully saturated rings. The second-order valence-electron chi connectivity index (χ2n) is 4.35. The van der Waals surface area contributed by atoms with Crippen LogP contribution in [0.1, 0.15) is 38.2 Å². The van der Waals surface area contributed by atoms with Gasteiger partial charge in [-0.3, -0.25) is 0 Å². The lowest BCUT2D eigenvalue weighted by atomic mass is 9.95. The molecule has 1 N–H and O–H groups in total. The molecule has 1 aromatic carbocycles. The van der Waals surface area contributed by atoms with Crippen LogP contribution in [0.4, 0.5) is 0 Å². The van der Waals surface area contributed by atoms with Crippen molar-refractivity contribution in [1.82, 2.24) is 0 Å². The average molecular weight is 206 g/mol. The lowest BCUT2D eigenvalue weighted by Gasteiger charge is -2.10. The summed E-state index contributed by atoms with van der Waals surface area (Å²) in [6.45, 7) is 4.34. The van der Waals surface area contributed by atoms with Crippen LogP contribution in [0.15, 0.2) is 24.3 Å². The first kappa shape index (κ1) is 10.5. The molecule has 1 aliphatic heterocycles. The van der Waals surface area contributed by atoms with Crippen molar-refractivity contribution in [2.75, 3.05) is 0 Å². The minimum absolute atomic E-state index is 0.350. The van der Waals surface area contributed by atoms with Crippen LogP contribution in [0, 0.1) is 0 Å². The number of ether oxygens (including phenoxy) is 1. The van der Waals surface area contributed by atoms with Crippen molar-refractivity contribution in [1.29, 1.82) is 0 Å². The summed E-state index contributed by atoms with van der Waals surface area (Å²) in [4.78, 5) is 0. The molecule has 2 rings (SSSR count). The van der Waals surface area contributed by atoms with E-state index in [1.54, 1.807) is 6.07 Å². The highest BCUT2D eigenvalue weighted by Crippen LogP contribution is 2.34. The van der Waals surface area contributed by atoms with Gasteiger partial charge in [0.05, 0.1) is 12.2 Å². The van der Waals surface area contributed by atoms with E-state index >= 15 is 0 Å². The van der Waals surface area contributed by atoms with Crippen molar-refractivity contribution in [3.63, 3.8) is 0 Å². The second-order valence-corrected chi connectivity index (χ2v) is 4.35. The van der Waals surface area contributed by atoms with Crippen LogP contribution < -0.4 is 0 Å². The largest absolute Gasteiger partial charge is 0.508 e. The summed E-state index contributed by atoms with van der Waals surface area (Å²) in [6, 6.07) is 7.51. The predicted molar refractivity (Wildman–Crippen MR) is 60.1 cm³/mol. The van der Waals surface area contributed by atoms with Gasteiger partial charge in [-0.25, -0.2) is 0 Å². The van der Waals surface area contributed by atoms with Gasteiger partial charge < -0.3 is 9.84 Å². The van der Waals surface area contributed by atoms with E-state index in [0.717, 1.165) is 12.8 Å². The maximum absolute atomic E-state index is 9.38. The van der Waals surface area contributed by atoms with E-state index < -0.39 is 0 Å². The maximum Gasteiger partial charge on any atom is 0.115 e. The van der Waals surface area contributed by atoms with Gasteiger partial charge in [-0.05, 0) is 36.5 Å². The molecular weight excluding hydrogens is 188 g/mol. The second kappa shape index (κ2) is 4.23. The molecule has 0 aliphatic carbocycles. The molecule has 15 heavy (non-hydrogen) atoms. The SMILES string of the molecule is CCC1OC1CC(C)c1cccc(O)c1. The standard InChI is InChI=1S/C13H18O2/c1-3-12-13(15-12)7-9(2)10-5-4-6-11(14)8-10/h4-6,8-9,12-14H,3,7H2,1-2H3. The highest BCUT2D eigenvalue weighted by molar-refractivity contribution is 5.29. The van der Waals surface area contributed by atoms with E-state index in [2.05, 4.69) is 19.9 Å². The van der Waals surface area contributed by atoms with Gasteiger partial charge in [0.1, 0.15) is 5.75 Å². The van der Waals surface area contributed by atoms with Gasteiger partial charge in [0.15, 0.2) is 0 Å². The van der Waals surface area contributed by atoms with Crippen LogP contribution in [-0.2, 0) is 4.74 Å². The molecular formula is C13H18O2. The minimum atomic E-state index is 0.350. The van der Waals surface area contributed by atoms with E-state index in [4.69, 9.17) is 4.74 Å². The van der Waals surface area contributed by atoms with Crippen molar-refractivity contribution in [3.8, 4) is 5.75 Å². The molecule has 1 aliphatic rings. The number of rotatable bonds is 4. The summed E-state index contributed by atoms with van der Waals surface area (Å²) in [7, 11) is 0. The van der Waals surface area contributed by atoms with Gasteiger partial charge in [-0.1, -0.05) is 26.0 Å². The van der Waals surface area contributed by atoms with E-state index in [1.165, 1.54) is 5.56 Å². The Morgan fingerprint density at radius 1 is 1.40 bits per heavy atom. The van der Waals surface area contributed by atoms with Crippen LogP contribution >= 0.6 is 0 Å². The molecule has 0 amide bonds. The third kappa shape index (κ3) is 2.51. The smallest absolute Gasteiger partial charge is 0.115 e. The van der Waals surface area contributed by atoms with E-state index in [0.29, 0.717) is 23.9 Å². The molecule has 82 valence electrons. The quantitative estimate of drug-likeness (QED) is 0.768. The van der Waals surface area contributed by atoms with Crippen molar-refractivity contribution in [2.45, 2.75) is 44.8 Å². The minimum Gasteiger partial charge on any atom is -0.508 e. The Balaban J connectivity index is 1.93. The monoisotopic (exact) mass is 206 g/mol. The molecule has 1 aromatic rings. The zero-order valence-electron chi connectivity index (χ0n) is 9.31. The van der Waals surface area contributed by atoms with Crippen molar-refractivity contribution in [2.24, 2.45) is 0 Å². The molecule has 0 spiro atoms. The average Bonchev–Trinajstić information content (AvgIpc) is 2.96. The Morgan fingerprint density at radius 3 is 2.80 bits per heavy atom. The Hall–Kier alpha value is -1.02. The van der Waals surface area contributed by atoms with Crippen molar-refractivity contribution >= 4 is 0 Å². The van der Waals surface area contributed by atoms with Gasteiger partial charge in [0.2, 0.25) is 0 Å². The summed E-state index contributed by atoms with van der Waals surface area (Å²) in [6.07, 6.45) is 3.08. The van der Waals surface area contributed by atoms with E-state index in [9.17, 15) is 5.11 Å². The summed E-state index contributed by atoms with van der Waals surface area (Å²) in [5.41, 5.74) is 1.19. The number of hydrogen-bond donors (Lipinski definition) is 1. The maximum atomic E-state index is 9.38. The fourth-order valence-corrected chi connectivity index (χ4v) is 2.06. The highest BCUT2D eigenvalue weighted by atomic mass is 16.6. The van der Waals surface area contributed by atoms with Crippen LogP contribution in [0.3, 0.4) is 0 Å². The fraction of sp³-hybridized carbons (Fsp3) is 0.538. The number of epoxide rings is 1. The summed E-state index contributed by atoms with van der Waals surface area (Å²) < 4.78 is 5.53. The Morgan fingerprint density at radius 2 is 2.20 bits per heavy atom. The fourth-order valence-electron chi connectivity index (χ4n) is 2.06. The van der Waals surface area contributed by atoms with Gasteiger partial charge in [0.25, 0.3) is 0 Å². The Labute approximate surface area is 90.9 Å². The van der Waals surface area contributed by atoms with Crippen LogP contribution in [0.25, 0.3) is 0 Å². The molecule has 1 saturated heterocycles. The molecule has 0 radical (unpaired) electrons. The zero-order valence-corrected chi connectivity index (χ0v) is 9.31. The third-order valence-corrected chi connectivity index (χ3v) is 3.12. The number of phenolic OH excluding ortho intramolecular Hbond substituents is 1. The first-order chi connectivity index (χ1) is 7.20. The van der Waals surface area contributed by atoms with E-state index in [-0.39, 0.29) is 0 Å². The van der Waals surface area contributed by atoms with Crippen LogP contribution in [0.5, 0.6) is 5.75 Å².